The lowest BCUT2D eigenvalue weighted by Gasteiger charge is -2.22. The zero-order valence-corrected chi connectivity index (χ0v) is 15.8. The summed E-state index contributed by atoms with van der Waals surface area (Å²) < 4.78 is 11.9. The first kappa shape index (κ1) is 20.3. The molecule has 0 aliphatic rings. The smallest absolute Gasteiger partial charge is 0.166 e. The molecule has 0 aliphatic heterocycles. The minimum Gasteiger partial charge on any atom is -0.490 e. The number of rotatable bonds is 7. The number of para-hydroxylation sites is 1. The average molecular weight is 350 g/mol. The van der Waals surface area contributed by atoms with Crippen LogP contribution in [-0.4, -0.2) is 12.1 Å². The molecule has 0 saturated carbocycles. The number of nitrogens with one attached hydrogen (secondary N) is 1. The Morgan fingerprint density at radius 2 is 1.62 bits per heavy atom. The Kier molecular flexibility index (Phi) is 8.09. The Labute approximate surface area is 151 Å². The van der Waals surface area contributed by atoms with Gasteiger partial charge in [-0.15, -0.1) is 12.4 Å². The molecule has 0 aromatic heterocycles. The van der Waals surface area contributed by atoms with Gasteiger partial charge in [-0.05, 0) is 39.3 Å². The normalized spacial score (nSPS) is 10.8. The van der Waals surface area contributed by atoms with Gasteiger partial charge in [0.25, 0.3) is 0 Å². The summed E-state index contributed by atoms with van der Waals surface area (Å²) in [4.78, 5) is 0. The van der Waals surface area contributed by atoms with Crippen molar-refractivity contribution in [2.75, 3.05) is 6.61 Å². The van der Waals surface area contributed by atoms with E-state index in [1.807, 2.05) is 37.3 Å². The fourth-order valence-electron chi connectivity index (χ4n) is 2.22. The van der Waals surface area contributed by atoms with Crippen LogP contribution in [0, 0.1) is 0 Å². The lowest BCUT2D eigenvalue weighted by Crippen LogP contribution is -2.35. The van der Waals surface area contributed by atoms with Crippen LogP contribution >= 0.6 is 12.4 Å². The molecule has 0 fully saturated rings. The Morgan fingerprint density at radius 1 is 0.917 bits per heavy atom. The Hall–Kier alpha value is -1.71. The molecule has 132 valence electrons. The third-order valence-electron chi connectivity index (χ3n) is 3.40. The van der Waals surface area contributed by atoms with Gasteiger partial charge in [-0.3, -0.25) is 0 Å². The second-order valence-corrected chi connectivity index (χ2v) is 6.56. The molecule has 4 heteroatoms. The van der Waals surface area contributed by atoms with E-state index in [0.717, 1.165) is 29.2 Å². The minimum atomic E-state index is 0. The maximum absolute atomic E-state index is 6.11. The SMILES string of the molecule is CCOc1cccc(CNC(C)(C)C)c1OCc1ccccc1.Cl. The van der Waals surface area contributed by atoms with E-state index < -0.39 is 0 Å². The number of hydrogen-bond donors (Lipinski definition) is 1. The molecule has 1 N–H and O–H groups in total. The van der Waals surface area contributed by atoms with Crippen LogP contribution in [0.2, 0.25) is 0 Å². The molecular weight excluding hydrogens is 322 g/mol. The average Bonchev–Trinajstić information content (AvgIpc) is 2.52. The number of halogens is 1. The summed E-state index contributed by atoms with van der Waals surface area (Å²) in [6, 6.07) is 16.2. The molecular formula is C20H28ClNO2. The van der Waals surface area contributed by atoms with Crippen molar-refractivity contribution in [2.45, 2.75) is 46.4 Å². The summed E-state index contributed by atoms with van der Waals surface area (Å²) in [6.45, 7) is 10.4. The molecule has 0 aliphatic carbocycles. The number of benzene rings is 2. The van der Waals surface area contributed by atoms with Crippen LogP contribution in [0.5, 0.6) is 11.5 Å². The van der Waals surface area contributed by atoms with Crippen LogP contribution in [0.3, 0.4) is 0 Å². The van der Waals surface area contributed by atoms with E-state index in [0.29, 0.717) is 13.2 Å². The van der Waals surface area contributed by atoms with Gasteiger partial charge in [0.15, 0.2) is 11.5 Å². The Balaban J connectivity index is 0.00000288. The maximum atomic E-state index is 6.11. The van der Waals surface area contributed by atoms with Gasteiger partial charge in [0.05, 0.1) is 6.61 Å². The van der Waals surface area contributed by atoms with E-state index >= 15 is 0 Å². The molecule has 0 heterocycles. The van der Waals surface area contributed by atoms with Crippen molar-refractivity contribution in [2.24, 2.45) is 0 Å². The first-order valence-corrected chi connectivity index (χ1v) is 8.16. The van der Waals surface area contributed by atoms with Gasteiger partial charge in [-0.2, -0.15) is 0 Å². The van der Waals surface area contributed by atoms with E-state index in [1.165, 1.54) is 0 Å². The molecule has 2 aromatic carbocycles. The van der Waals surface area contributed by atoms with Gasteiger partial charge in [-0.1, -0.05) is 42.5 Å². The molecule has 0 bridgehead atoms. The van der Waals surface area contributed by atoms with Gasteiger partial charge in [-0.25, -0.2) is 0 Å². The van der Waals surface area contributed by atoms with Gasteiger partial charge in [0, 0.05) is 17.6 Å². The van der Waals surface area contributed by atoms with Crippen molar-refractivity contribution in [1.82, 2.24) is 5.32 Å². The molecule has 0 saturated heterocycles. The standard InChI is InChI=1S/C20H27NO2.ClH/c1-5-22-18-13-9-12-17(14-21-20(2,3)4)19(18)23-15-16-10-7-6-8-11-16;/h6-13,21H,5,14-15H2,1-4H3;1H. The van der Waals surface area contributed by atoms with E-state index in [9.17, 15) is 0 Å². The highest BCUT2D eigenvalue weighted by Crippen LogP contribution is 2.32. The van der Waals surface area contributed by atoms with E-state index in [-0.39, 0.29) is 17.9 Å². The quantitative estimate of drug-likeness (QED) is 0.765. The van der Waals surface area contributed by atoms with Gasteiger partial charge in [0.1, 0.15) is 6.61 Å². The van der Waals surface area contributed by atoms with Crippen molar-refractivity contribution in [1.29, 1.82) is 0 Å². The number of hydrogen-bond acceptors (Lipinski definition) is 3. The molecule has 0 radical (unpaired) electrons. The zero-order valence-electron chi connectivity index (χ0n) is 15.0. The van der Waals surface area contributed by atoms with Crippen LogP contribution in [-0.2, 0) is 13.2 Å². The third-order valence-corrected chi connectivity index (χ3v) is 3.40. The summed E-state index contributed by atoms with van der Waals surface area (Å²) in [5.41, 5.74) is 2.31. The number of ether oxygens (including phenoxy) is 2. The van der Waals surface area contributed by atoms with Crippen molar-refractivity contribution in [3.63, 3.8) is 0 Å². The highest BCUT2D eigenvalue weighted by atomic mass is 35.5. The highest BCUT2D eigenvalue weighted by Gasteiger charge is 2.14. The molecule has 0 spiro atoms. The monoisotopic (exact) mass is 349 g/mol. The second kappa shape index (κ2) is 9.55. The fourth-order valence-corrected chi connectivity index (χ4v) is 2.22. The lowest BCUT2D eigenvalue weighted by molar-refractivity contribution is 0.265. The van der Waals surface area contributed by atoms with Crippen molar-refractivity contribution >= 4 is 12.4 Å². The van der Waals surface area contributed by atoms with Crippen molar-refractivity contribution in [3.8, 4) is 11.5 Å². The summed E-state index contributed by atoms with van der Waals surface area (Å²) in [6.07, 6.45) is 0. The molecule has 0 atom stereocenters. The van der Waals surface area contributed by atoms with Crippen molar-refractivity contribution < 1.29 is 9.47 Å². The lowest BCUT2D eigenvalue weighted by atomic mass is 10.1. The van der Waals surface area contributed by atoms with E-state index in [2.05, 4.69) is 44.3 Å². The Morgan fingerprint density at radius 3 is 2.25 bits per heavy atom. The van der Waals surface area contributed by atoms with Crippen LogP contribution in [0.15, 0.2) is 48.5 Å². The molecule has 3 nitrogen and oxygen atoms in total. The topological polar surface area (TPSA) is 30.5 Å². The summed E-state index contributed by atoms with van der Waals surface area (Å²) >= 11 is 0. The first-order chi connectivity index (χ1) is 11.0. The zero-order chi connectivity index (χ0) is 16.7. The van der Waals surface area contributed by atoms with Crippen LogP contribution < -0.4 is 14.8 Å². The summed E-state index contributed by atoms with van der Waals surface area (Å²) in [5.74, 6) is 1.63. The molecule has 2 aromatic rings. The predicted octanol–water partition coefficient (Wildman–Crippen LogP) is 4.97. The summed E-state index contributed by atoms with van der Waals surface area (Å²) in [7, 11) is 0. The van der Waals surface area contributed by atoms with Crippen LogP contribution in [0.1, 0.15) is 38.8 Å². The Bertz CT molecular complexity index is 609. The van der Waals surface area contributed by atoms with Gasteiger partial charge >= 0.3 is 0 Å². The predicted molar refractivity (Wildman–Crippen MR) is 102 cm³/mol. The minimum absolute atomic E-state index is 0. The molecule has 2 rings (SSSR count). The second-order valence-electron chi connectivity index (χ2n) is 6.56. The fraction of sp³-hybridized carbons (Fsp3) is 0.400. The molecule has 24 heavy (non-hydrogen) atoms. The maximum Gasteiger partial charge on any atom is 0.166 e. The van der Waals surface area contributed by atoms with Crippen LogP contribution in [0.25, 0.3) is 0 Å². The first-order valence-electron chi connectivity index (χ1n) is 8.16. The van der Waals surface area contributed by atoms with Crippen LogP contribution in [0.4, 0.5) is 0 Å². The summed E-state index contributed by atoms with van der Waals surface area (Å²) in [5, 5.41) is 3.51. The highest BCUT2D eigenvalue weighted by molar-refractivity contribution is 5.85. The van der Waals surface area contributed by atoms with E-state index in [4.69, 9.17) is 9.47 Å². The van der Waals surface area contributed by atoms with E-state index in [1.54, 1.807) is 0 Å². The molecule has 0 amide bonds. The molecule has 0 unspecified atom stereocenters. The van der Waals surface area contributed by atoms with Gasteiger partial charge < -0.3 is 14.8 Å². The third kappa shape index (κ3) is 6.42. The van der Waals surface area contributed by atoms with Gasteiger partial charge in [0.2, 0.25) is 0 Å². The van der Waals surface area contributed by atoms with Crippen molar-refractivity contribution in [3.05, 3.63) is 59.7 Å². The largest absolute Gasteiger partial charge is 0.490 e.